The minimum absolute atomic E-state index is 0.214. The van der Waals surface area contributed by atoms with Gasteiger partial charge in [0.1, 0.15) is 12.1 Å². The number of aromatic amines is 1. The summed E-state index contributed by atoms with van der Waals surface area (Å²) in [7, 11) is 1.14. The summed E-state index contributed by atoms with van der Waals surface area (Å²) >= 11 is 0. The molecule has 0 amide bonds. The average molecular weight is 200 g/mol. The smallest absolute Gasteiger partial charge is 0.345 e. The second-order valence-electron chi connectivity index (χ2n) is 2.46. The molecule has 0 radical (unpaired) electrons. The van der Waals surface area contributed by atoms with Gasteiger partial charge in [-0.25, -0.2) is 9.48 Å². The standard InChI is InChI=1S/C7H8N2O5/c1-14-7(13)4-2-8-9(6(4)12)3-5(10)11/h2,8H,3H2,1H3,(H,10,11). The Labute approximate surface area is 77.9 Å². The fourth-order valence-corrected chi connectivity index (χ4v) is 0.917. The molecule has 0 spiro atoms. The molecule has 7 nitrogen and oxygen atoms in total. The lowest BCUT2D eigenvalue weighted by Gasteiger charge is -1.94. The van der Waals surface area contributed by atoms with E-state index in [0.717, 1.165) is 18.0 Å². The first kappa shape index (κ1) is 10.0. The number of carbonyl (C=O) groups excluding carboxylic acids is 1. The first-order chi connectivity index (χ1) is 6.56. The van der Waals surface area contributed by atoms with Crippen molar-refractivity contribution in [3.05, 3.63) is 22.1 Å². The lowest BCUT2D eigenvalue weighted by atomic mass is 10.4. The van der Waals surface area contributed by atoms with Crippen molar-refractivity contribution in [2.24, 2.45) is 0 Å². The van der Waals surface area contributed by atoms with E-state index in [-0.39, 0.29) is 5.56 Å². The van der Waals surface area contributed by atoms with Gasteiger partial charge in [-0.2, -0.15) is 0 Å². The van der Waals surface area contributed by atoms with Crippen LogP contribution in [-0.2, 0) is 16.1 Å². The number of hydrogen-bond donors (Lipinski definition) is 2. The van der Waals surface area contributed by atoms with Gasteiger partial charge >= 0.3 is 11.9 Å². The quantitative estimate of drug-likeness (QED) is 0.612. The number of methoxy groups -OCH3 is 1. The average Bonchev–Trinajstić information content (AvgIpc) is 2.46. The van der Waals surface area contributed by atoms with Crippen LogP contribution in [0.3, 0.4) is 0 Å². The van der Waals surface area contributed by atoms with E-state index < -0.39 is 24.0 Å². The number of rotatable bonds is 3. The SMILES string of the molecule is COC(=O)c1c[nH]n(CC(=O)O)c1=O. The molecule has 0 aliphatic rings. The van der Waals surface area contributed by atoms with Crippen LogP contribution in [0.15, 0.2) is 11.0 Å². The maximum Gasteiger partial charge on any atom is 0.345 e. The molecule has 1 heterocycles. The number of nitrogens with one attached hydrogen (secondary N) is 1. The maximum absolute atomic E-state index is 11.3. The Hall–Kier alpha value is -2.05. The summed E-state index contributed by atoms with van der Waals surface area (Å²) in [5.74, 6) is -1.97. The third-order valence-electron chi connectivity index (χ3n) is 1.54. The Morgan fingerprint density at radius 1 is 1.64 bits per heavy atom. The highest BCUT2D eigenvalue weighted by Gasteiger charge is 2.15. The zero-order valence-electron chi connectivity index (χ0n) is 7.31. The minimum Gasteiger partial charge on any atom is -0.480 e. The van der Waals surface area contributed by atoms with Crippen molar-refractivity contribution in [2.45, 2.75) is 6.54 Å². The summed E-state index contributed by atoms with van der Waals surface area (Å²) < 4.78 is 5.12. The Morgan fingerprint density at radius 3 is 2.79 bits per heavy atom. The number of aliphatic carboxylic acids is 1. The van der Waals surface area contributed by atoms with E-state index in [1.54, 1.807) is 0 Å². The number of carboxylic acids is 1. The Bertz CT molecular complexity index is 416. The lowest BCUT2D eigenvalue weighted by Crippen LogP contribution is -2.25. The van der Waals surface area contributed by atoms with Gasteiger partial charge in [-0.1, -0.05) is 0 Å². The topological polar surface area (TPSA) is 101 Å². The summed E-state index contributed by atoms with van der Waals surface area (Å²) in [5, 5.41) is 10.7. The molecule has 1 rings (SSSR count). The van der Waals surface area contributed by atoms with E-state index in [9.17, 15) is 14.4 Å². The molecule has 1 aromatic heterocycles. The van der Waals surface area contributed by atoms with Crippen molar-refractivity contribution < 1.29 is 19.4 Å². The molecule has 0 fully saturated rings. The van der Waals surface area contributed by atoms with E-state index in [1.165, 1.54) is 0 Å². The van der Waals surface area contributed by atoms with Crippen molar-refractivity contribution in [1.82, 2.24) is 9.78 Å². The fraction of sp³-hybridized carbons (Fsp3) is 0.286. The summed E-state index contributed by atoms with van der Waals surface area (Å²) in [4.78, 5) is 32.5. The van der Waals surface area contributed by atoms with E-state index in [2.05, 4.69) is 9.84 Å². The Balaban J connectivity index is 3.03. The number of carbonyl (C=O) groups is 2. The summed E-state index contributed by atoms with van der Waals surface area (Å²) in [6.45, 7) is -0.518. The van der Waals surface area contributed by atoms with Crippen molar-refractivity contribution in [3.63, 3.8) is 0 Å². The monoisotopic (exact) mass is 200 g/mol. The minimum atomic E-state index is -1.18. The molecule has 0 saturated heterocycles. The fourth-order valence-electron chi connectivity index (χ4n) is 0.917. The van der Waals surface area contributed by atoms with E-state index in [0.29, 0.717) is 0 Å². The molecule has 2 N–H and O–H groups in total. The number of carboxylic acid groups (broad SMARTS) is 1. The highest BCUT2D eigenvalue weighted by Crippen LogP contribution is 1.92. The van der Waals surface area contributed by atoms with Gasteiger partial charge in [0, 0.05) is 6.20 Å². The molecule has 0 atom stereocenters. The number of ether oxygens (including phenoxy) is 1. The summed E-state index contributed by atoms with van der Waals surface area (Å²) in [6, 6.07) is 0. The van der Waals surface area contributed by atoms with Gasteiger partial charge in [-0.05, 0) is 0 Å². The van der Waals surface area contributed by atoms with Crippen molar-refractivity contribution in [1.29, 1.82) is 0 Å². The normalized spacial score (nSPS) is 9.79. The highest BCUT2D eigenvalue weighted by atomic mass is 16.5. The molecule has 0 aliphatic carbocycles. The molecular weight excluding hydrogens is 192 g/mol. The number of esters is 1. The van der Waals surface area contributed by atoms with Crippen LogP contribution in [0.5, 0.6) is 0 Å². The zero-order valence-corrected chi connectivity index (χ0v) is 7.31. The molecule has 0 unspecified atom stereocenters. The van der Waals surface area contributed by atoms with Gasteiger partial charge < -0.3 is 14.9 Å². The van der Waals surface area contributed by atoms with Crippen molar-refractivity contribution in [2.75, 3.05) is 7.11 Å². The largest absolute Gasteiger partial charge is 0.480 e. The molecular formula is C7H8N2O5. The Morgan fingerprint density at radius 2 is 2.29 bits per heavy atom. The zero-order chi connectivity index (χ0) is 10.7. The van der Waals surface area contributed by atoms with E-state index in [1.807, 2.05) is 0 Å². The number of H-pyrrole nitrogens is 1. The van der Waals surface area contributed by atoms with Gasteiger partial charge in [0.25, 0.3) is 5.56 Å². The van der Waals surface area contributed by atoms with Crippen molar-refractivity contribution in [3.8, 4) is 0 Å². The molecule has 14 heavy (non-hydrogen) atoms. The van der Waals surface area contributed by atoms with Crippen LogP contribution in [-0.4, -0.2) is 33.9 Å². The number of hydrogen-bond acceptors (Lipinski definition) is 4. The number of aromatic nitrogens is 2. The highest BCUT2D eigenvalue weighted by molar-refractivity contribution is 5.88. The van der Waals surface area contributed by atoms with Gasteiger partial charge in [0.05, 0.1) is 7.11 Å². The van der Waals surface area contributed by atoms with Crippen LogP contribution in [0.1, 0.15) is 10.4 Å². The van der Waals surface area contributed by atoms with Crippen LogP contribution >= 0.6 is 0 Å². The molecule has 76 valence electrons. The Kier molecular flexibility index (Phi) is 2.70. The van der Waals surface area contributed by atoms with Crippen LogP contribution in [0.4, 0.5) is 0 Å². The van der Waals surface area contributed by atoms with Gasteiger partial charge in [0.2, 0.25) is 0 Å². The first-order valence-electron chi connectivity index (χ1n) is 3.64. The van der Waals surface area contributed by atoms with Gasteiger partial charge in [-0.15, -0.1) is 0 Å². The molecule has 0 bridgehead atoms. The van der Waals surface area contributed by atoms with E-state index >= 15 is 0 Å². The third-order valence-corrected chi connectivity index (χ3v) is 1.54. The van der Waals surface area contributed by atoms with Crippen LogP contribution in [0.2, 0.25) is 0 Å². The lowest BCUT2D eigenvalue weighted by molar-refractivity contribution is -0.137. The first-order valence-corrected chi connectivity index (χ1v) is 3.64. The van der Waals surface area contributed by atoms with Crippen LogP contribution < -0.4 is 5.56 Å². The van der Waals surface area contributed by atoms with Gasteiger partial charge in [-0.3, -0.25) is 9.59 Å². The molecule has 7 heteroatoms. The second-order valence-corrected chi connectivity index (χ2v) is 2.46. The molecule has 1 aromatic rings. The second kappa shape index (κ2) is 3.77. The molecule has 0 saturated carbocycles. The summed E-state index contributed by atoms with van der Waals surface area (Å²) in [6.07, 6.45) is 1.11. The van der Waals surface area contributed by atoms with Crippen LogP contribution in [0.25, 0.3) is 0 Å². The molecule has 0 aromatic carbocycles. The molecule has 0 aliphatic heterocycles. The third kappa shape index (κ3) is 1.82. The van der Waals surface area contributed by atoms with E-state index in [4.69, 9.17) is 5.11 Å². The summed E-state index contributed by atoms with van der Waals surface area (Å²) in [5.41, 5.74) is -0.923. The van der Waals surface area contributed by atoms with Crippen molar-refractivity contribution >= 4 is 11.9 Å². The predicted molar refractivity (Wildman–Crippen MR) is 44.0 cm³/mol. The van der Waals surface area contributed by atoms with Crippen LogP contribution in [0, 0.1) is 0 Å². The van der Waals surface area contributed by atoms with Gasteiger partial charge in [0.15, 0.2) is 0 Å². The predicted octanol–water partition coefficient (Wildman–Crippen LogP) is -0.952. The number of nitrogens with zero attached hydrogens (tertiary/aromatic N) is 1. The maximum atomic E-state index is 11.3.